The van der Waals surface area contributed by atoms with Crippen LogP contribution in [0.15, 0.2) is 29.2 Å². The van der Waals surface area contributed by atoms with Crippen LogP contribution in [-0.4, -0.2) is 16.7 Å². The number of aromatic nitrogens is 2. The number of nitrogens with one attached hydrogen (secondary N) is 1. The molecule has 0 amide bonds. The first-order valence-corrected chi connectivity index (χ1v) is 4.16. The first-order chi connectivity index (χ1) is 6.42. The van der Waals surface area contributed by atoms with E-state index < -0.39 is 0 Å². The van der Waals surface area contributed by atoms with Gasteiger partial charge in [0.25, 0.3) is 0 Å². The van der Waals surface area contributed by atoms with Crippen LogP contribution in [0.2, 0.25) is 0 Å². The van der Waals surface area contributed by atoms with Crippen molar-refractivity contribution >= 4 is 0 Å². The van der Waals surface area contributed by atoms with Crippen LogP contribution in [-0.2, 0) is 6.42 Å². The van der Waals surface area contributed by atoms with Gasteiger partial charge in [-0.15, -0.1) is 0 Å². The third-order valence-corrected chi connectivity index (χ3v) is 1.94. The summed E-state index contributed by atoms with van der Waals surface area (Å²) in [6.07, 6.45) is 5.96. The normalized spacial score (nSPS) is 10.5. The smallest absolute Gasteiger partial charge is 0.0996 e. The number of hydrogen-bond donors (Lipinski definition) is 2. The fraction of sp³-hybridized carbons (Fsp3) is 0.222. The SMILES string of the molecule is NCCc1cn[nH]c1-c1ccoc1. The largest absolute Gasteiger partial charge is 0.472 e. The molecule has 0 saturated heterocycles. The summed E-state index contributed by atoms with van der Waals surface area (Å²) in [4.78, 5) is 0. The zero-order chi connectivity index (χ0) is 9.10. The summed E-state index contributed by atoms with van der Waals surface area (Å²) < 4.78 is 4.99. The Balaban J connectivity index is 2.35. The van der Waals surface area contributed by atoms with E-state index in [0.29, 0.717) is 6.54 Å². The molecule has 3 N–H and O–H groups in total. The van der Waals surface area contributed by atoms with E-state index in [2.05, 4.69) is 10.2 Å². The monoisotopic (exact) mass is 177 g/mol. The van der Waals surface area contributed by atoms with Crippen molar-refractivity contribution in [2.24, 2.45) is 5.73 Å². The average molecular weight is 177 g/mol. The van der Waals surface area contributed by atoms with Gasteiger partial charge in [0.2, 0.25) is 0 Å². The molecule has 2 aromatic heterocycles. The minimum atomic E-state index is 0.629. The second-order valence-electron chi connectivity index (χ2n) is 2.82. The maximum absolute atomic E-state index is 5.48. The lowest BCUT2D eigenvalue weighted by Crippen LogP contribution is -2.02. The van der Waals surface area contributed by atoms with E-state index in [9.17, 15) is 0 Å². The Morgan fingerprint density at radius 2 is 2.46 bits per heavy atom. The number of hydrogen-bond acceptors (Lipinski definition) is 3. The highest BCUT2D eigenvalue weighted by Crippen LogP contribution is 2.21. The van der Waals surface area contributed by atoms with Gasteiger partial charge in [-0.3, -0.25) is 5.10 Å². The van der Waals surface area contributed by atoms with Gasteiger partial charge in [-0.2, -0.15) is 5.10 Å². The lowest BCUT2D eigenvalue weighted by molar-refractivity contribution is 0.568. The van der Waals surface area contributed by atoms with Crippen molar-refractivity contribution in [2.45, 2.75) is 6.42 Å². The quantitative estimate of drug-likeness (QED) is 0.739. The molecule has 0 aliphatic rings. The van der Waals surface area contributed by atoms with Gasteiger partial charge in [-0.25, -0.2) is 0 Å². The highest BCUT2D eigenvalue weighted by atomic mass is 16.3. The molecule has 0 aliphatic heterocycles. The van der Waals surface area contributed by atoms with E-state index in [-0.39, 0.29) is 0 Å². The summed E-state index contributed by atoms with van der Waals surface area (Å²) in [7, 11) is 0. The molecule has 0 saturated carbocycles. The molecule has 2 aromatic rings. The molecule has 0 radical (unpaired) electrons. The molecule has 0 bridgehead atoms. The summed E-state index contributed by atoms with van der Waals surface area (Å²) in [6, 6.07) is 1.90. The fourth-order valence-corrected chi connectivity index (χ4v) is 1.31. The minimum Gasteiger partial charge on any atom is -0.472 e. The van der Waals surface area contributed by atoms with Crippen LogP contribution < -0.4 is 5.73 Å². The summed E-state index contributed by atoms with van der Waals surface area (Å²) in [5, 5.41) is 6.90. The Kier molecular flexibility index (Phi) is 2.14. The highest BCUT2D eigenvalue weighted by molar-refractivity contribution is 5.60. The van der Waals surface area contributed by atoms with Crippen LogP contribution in [0, 0.1) is 0 Å². The van der Waals surface area contributed by atoms with Gasteiger partial charge < -0.3 is 10.2 Å². The predicted octanol–water partition coefficient (Wildman–Crippen LogP) is 1.17. The van der Waals surface area contributed by atoms with E-state index in [4.69, 9.17) is 10.2 Å². The molecule has 2 heterocycles. The number of nitrogens with two attached hydrogens (primary N) is 1. The number of rotatable bonds is 3. The zero-order valence-corrected chi connectivity index (χ0v) is 7.16. The number of aromatic amines is 1. The molecule has 2 rings (SSSR count). The van der Waals surface area contributed by atoms with Crippen molar-refractivity contribution in [1.29, 1.82) is 0 Å². The van der Waals surface area contributed by atoms with Crippen molar-refractivity contribution in [2.75, 3.05) is 6.54 Å². The third kappa shape index (κ3) is 1.48. The maximum atomic E-state index is 5.48. The Morgan fingerprint density at radius 1 is 1.54 bits per heavy atom. The number of H-pyrrole nitrogens is 1. The van der Waals surface area contributed by atoms with Gasteiger partial charge in [0.15, 0.2) is 0 Å². The Hall–Kier alpha value is -1.55. The van der Waals surface area contributed by atoms with E-state index >= 15 is 0 Å². The van der Waals surface area contributed by atoms with Crippen LogP contribution in [0.5, 0.6) is 0 Å². The third-order valence-electron chi connectivity index (χ3n) is 1.94. The lowest BCUT2D eigenvalue weighted by Gasteiger charge is -1.96. The van der Waals surface area contributed by atoms with Gasteiger partial charge in [0, 0.05) is 5.56 Å². The second-order valence-corrected chi connectivity index (χ2v) is 2.82. The predicted molar refractivity (Wildman–Crippen MR) is 49.0 cm³/mol. The number of nitrogens with zero attached hydrogens (tertiary/aromatic N) is 1. The molecule has 0 spiro atoms. The van der Waals surface area contributed by atoms with Crippen LogP contribution >= 0.6 is 0 Å². The topological polar surface area (TPSA) is 67.8 Å². The van der Waals surface area contributed by atoms with Crippen LogP contribution in [0.25, 0.3) is 11.3 Å². The number of furan rings is 1. The first-order valence-electron chi connectivity index (χ1n) is 4.16. The van der Waals surface area contributed by atoms with E-state index in [0.717, 1.165) is 23.2 Å². The first kappa shape index (κ1) is 8.07. The molecule has 68 valence electrons. The highest BCUT2D eigenvalue weighted by Gasteiger charge is 2.07. The van der Waals surface area contributed by atoms with E-state index in [1.54, 1.807) is 18.7 Å². The fourth-order valence-electron chi connectivity index (χ4n) is 1.31. The summed E-state index contributed by atoms with van der Waals surface area (Å²) in [6.45, 7) is 0.629. The zero-order valence-electron chi connectivity index (χ0n) is 7.16. The van der Waals surface area contributed by atoms with E-state index in [1.807, 2.05) is 6.07 Å². The summed E-state index contributed by atoms with van der Waals surface area (Å²) in [5.41, 5.74) is 8.62. The second kappa shape index (κ2) is 3.45. The maximum Gasteiger partial charge on any atom is 0.0996 e. The standard InChI is InChI=1S/C9H11N3O/c10-3-1-7-5-11-12-9(7)8-2-4-13-6-8/h2,4-6H,1,3,10H2,(H,11,12). The molecule has 13 heavy (non-hydrogen) atoms. The van der Waals surface area contributed by atoms with Gasteiger partial charge in [0.05, 0.1) is 24.4 Å². The summed E-state index contributed by atoms with van der Waals surface area (Å²) >= 11 is 0. The van der Waals surface area contributed by atoms with Crippen LogP contribution in [0.3, 0.4) is 0 Å². The molecular formula is C9H11N3O. The summed E-state index contributed by atoms with van der Waals surface area (Å²) in [5.74, 6) is 0. The van der Waals surface area contributed by atoms with Crippen molar-refractivity contribution in [3.63, 3.8) is 0 Å². The van der Waals surface area contributed by atoms with Crippen LogP contribution in [0.4, 0.5) is 0 Å². The molecule has 0 atom stereocenters. The van der Waals surface area contributed by atoms with Gasteiger partial charge in [-0.1, -0.05) is 0 Å². The molecule has 0 unspecified atom stereocenters. The minimum absolute atomic E-state index is 0.629. The molecule has 4 nitrogen and oxygen atoms in total. The van der Waals surface area contributed by atoms with E-state index in [1.165, 1.54) is 0 Å². The molecule has 0 aliphatic carbocycles. The molecule has 0 aromatic carbocycles. The lowest BCUT2D eigenvalue weighted by atomic mass is 10.1. The Labute approximate surface area is 75.7 Å². The van der Waals surface area contributed by atoms with Gasteiger partial charge >= 0.3 is 0 Å². The van der Waals surface area contributed by atoms with Gasteiger partial charge in [0.1, 0.15) is 0 Å². The van der Waals surface area contributed by atoms with Crippen molar-refractivity contribution < 1.29 is 4.42 Å². The van der Waals surface area contributed by atoms with Gasteiger partial charge in [-0.05, 0) is 24.6 Å². The van der Waals surface area contributed by atoms with Crippen molar-refractivity contribution in [1.82, 2.24) is 10.2 Å². The van der Waals surface area contributed by atoms with Crippen molar-refractivity contribution in [3.05, 3.63) is 30.4 Å². The molecule has 4 heteroatoms. The van der Waals surface area contributed by atoms with Crippen molar-refractivity contribution in [3.8, 4) is 11.3 Å². The molecular weight excluding hydrogens is 166 g/mol. The Morgan fingerprint density at radius 3 is 3.15 bits per heavy atom. The molecule has 0 fully saturated rings. The average Bonchev–Trinajstić information content (AvgIpc) is 2.71. The Bertz CT molecular complexity index is 364. The van der Waals surface area contributed by atoms with Crippen LogP contribution in [0.1, 0.15) is 5.56 Å².